The lowest BCUT2D eigenvalue weighted by atomic mass is 10.3. The molecule has 1 unspecified atom stereocenters. The number of halogens is 4. The first-order valence-electron chi connectivity index (χ1n) is 5.29. The molecule has 1 amide bonds. The monoisotopic (exact) mass is 345 g/mol. The second-order valence-electron chi connectivity index (χ2n) is 3.41. The zero-order valence-electron chi connectivity index (χ0n) is 10.1. The average molecular weight is 347 g/mol. The molecule has 0 aliphatic heterocycles. The van der Waals surface area contributed by atoms with E-state index in [1.54, 1.807) is 13.8 Å². The van der Waals surface area contributed by atoms with Gasteiger partial charge in [0.2, 0.25) is 0 Å². The van der Waals surface area contributed by atoms with Crippen molar-refractivity contribution in [1.82, 2.24) is 5.06 Å². The molecule has 19 heavy (non-hydrogen) atoms. The Morgan fingerprint density at radius 2 is 1.84 bits per heavy atom. The molecule has 0 aliphatic rings. The largest absolute Gasteiger partial charge is 0.465 e. The van der Waals surface area contributed by atoms with Gasteiger partial charge in [0.1, 0.15) is 0 Å². The summed E-state index contributed by atoms with van der Waals surface area (Å²) in [5.41, 5.74) is 0. The number of ether oxygens (including phenoxy) is 1. The molecule has 0 bridgehead atoms. The molecule has 1 rings (SSSR count). The van der Waals surface area contributed by atoms with E-state index in [9.17, 15) is 4.79 Å². The van der Waals surface area contributed by atoms with Gasteiger partial charge in [-0.05, 0) is 37.6 Å². The van der Waals surface area contributed by atoms with E-state index in [1.165, 1.54) is 12.1 Å². The lowest BCUT2D eigenvalue weighted by Gasteiger charge is -2.26. The van der Waals surface area contributed by atoms with Crippen LogP contribution in [0, 0.1) is 0 Å². The Bertz CT molecular complexity index is 446. The molecular weight excluding hydrogens is 336 g/mol. The molecule has 0 N–H and O–H groups in total. The van der Waals surface area contributed by atoms with E-state index < -0.39 is 11.6 Å². The predicted molar refractivity (Wildman–Crippen MR) is 76.3 cm³/mol. The van der Waals surface area contributed by atoms with Crippen LogP contribution in [0.1, 0.15) is 13.8 Å². The van der Waals surface area contributed by atoms with Gasteiger partial charge in [0, 0.05) is 5.02 Å². The standard InChI is InChI=1S/C11H11Cl4NO3/c1-3-18-16(11(15)17)6(2)19-10-8(13)4-7(12)5-9(10)14/h4-6H,3H2,1-2H3. The summed E-state index contributed by atoms with van der Waals surface area (Å²) >= 11 is 23.1. The van der Waals surface area contributed by atoms with Gasteiger partial charge in [-0.2, -0.15) is 5.06 Å². The predicted octanol–water partition coefficient (Wildman–Crippen LogP) is 4.98. The third kappa shape index (κ3) is 4.58. The van der Waals surface area contributed by atoms with Crippen molar-refractivity contribution in [3.8, 4) is 5.75 Å². The van der Waals surface area contributed by atoms with E-state index in [4.69, 9.17) is 56.0 Å². The highest BCUT2D eigenvalue weighted by Gasteiger charge is 2.23. The Kier molecular flexibility index (Phi) is 6.50. The summed E-state index contributed by atoms with van der Waals surface area (Å²) in [6.45, 7) is 3.53. The molecule has 4 nitrogen and oxygen atoms in total. The molecule has 0 heterocycles. The summed E-state index contributed by atoms with van der Waals surface area (Å²) in [5, 5.41) is 0.898. The van der Waals surface area contributed by atoms with Crippen molar-refractivity contribution >= 4 is 51.8 Å². The maximum atomic E-state index is 11.2. The van der Waals surface area contributed by atoms with Crippen molar-refractivity contribution in [2.75, 3.05) is 6.61 Å². The van der Waals surface area contributed by atoms with Crippen LogP contribution in [0.2, 0.25) is 15.1 Å². The number of benzene rings is 1. The Morgan fingerprint density at radius 3 is 2.26 bits per heavy atom. The number of carbonyl (C=O) groups excluding carboxylic acids is 1. The van der Waals surface area contributed by atoms with E-state index >= 15 is 0 Å². The number of amides is 1. The summed E-state index contributed by atoms with van der Waals surface area (Å²) in [6, 6.07) is 2.95. The minimum atomic E-state index is -0.810. The molecule has 1 aromatic rings. The normalized spacial score (nSPS) is 12.1. The molecule has 0 aliphatic carbocycles. The van der Waals surface area contributed by atoms with Crippen LogP contribution >= 0.6 is 46.4 Å². The Morgan fingerprint density at radius 1 is 1.32 bits per heavy atom. The second kappa shape index (κ2) is 7.41. The smallest absolute Gasteiger partial charge is 0.343 e. The van der Waals surface area contributed by atoms with Gasteiger partial charge >= 0.3 is 5.37 Å². The molecular formula is C11H11Cl4NO3. The van der Waals surface area contributed by atoms with Gasteiger partial charge in [0.25, 0.3) is 0 Å². The van der Waals surface area contributed by atoms with E-state index in [0.717, 1.165) is 5.06 Å². The molecule has 0 saturated carbocycles. The summed E-state index contributed by atoms with van der Waals surface area (Å²) in [5.74, 6) is 0.197. The fraction of sp³-hybridized carbons (Fsp3) is 0.364. The molecule has 0 fully saturated rings. The summed E-state index contributed by atoms with van der Waals surface area (Å²) < 4.78 is 5.48. The SMILES string of the molecule is CCON(C(=O)Cl)C(C)Oc1c(Cl)cc(Cl)cc1Cl. The van der Waals surface area contributed by atoms with Crippen molar-refractivity contribution in [1.29, 1.82) is 0 Å². The minimum Gasteiger partial charge on any atom is -0.465 e. The van der Waals surface area contributed by atoms with Gasteiger partial charge in [-0.1, -0.05) is 34.8 Å². The van der Waals surface area contributed by atoms with E-state index in [2.05, 4.69) is 0 Å². The summed E-state index contributed by atoms with van der Waals surface area (Å²) in [7, 11) is 0. The third-order valence-corrected chi connectivity index (χ3v) is 2.97. The summed E-state index contributed by atoms with van der Waals surface area (Å²) in [4.78, 5) is 16.2. The van der Waals surface area contributed by atoms with Crippen molar-refractivity contribution in [3.63, 3.8) is 0 Å². The molecule has 0 radical (unpaired) electrons. The molecule has 1 aromatic carbocycles. The maximum absolute atomic E-state index is 11.2. The van der Waals surface area contributed by atoms with Gasteiger partial charge < -0.3 is 4.74 Å². The van der Waals surface area contributed by atoms with Crippen LogP contribution in [0.15, 0.2) is 12.1 Å². The van der Waals surface area contributed by atoms with E-state index in [1.807, 2.05) is 0 Å². The van der Waals surface area contributed by atoms with Gasteiger partial charge in [-0.3, -0.25) is 9.63 Å². The molecule has 8 heteroatoms. The van der Waals surface area contributed by atoms with Crippen LogP contribution in [0.3, 0.4) is 0 Å². The lowest BCUT2D eigenvalue weighted by molar-refractivity contribution is -0.174. The van der Waals surface area contributed by atoms with Crippen molar-refractivity contribution in [2.24, 2.45) is 0 Å². The fourth-order valence-corrected chi connectivity index (χ4v) is 2.39. The zero-order valence-corrected chi connectivity index (χ0v) is 13.1. The van der Waals surface area contributed by atoms with Crippen LogP contribution in [0.25, 0.3) is 0 Å². The number of hydrogen-bond donors (Lipinski definition) is 0. The van der Waals surface area contributed by atoms with Gasteiger partial charge in [-0.15, -0.1) is 0 Å². The minimum absolute atomic E-state index is 0.197. The van der Waals surface area contributed by atoms with Crippen LogP contribution in [0.4, 0.5) is 4.79 Å². The summed E-state index contributed by atoms with van der Waals surface area (Å²) in [6.07, 6.45) is -0.805. The third-order valence-electron chi connectivity index (χ3n) is 2.02. The molecule has 1 atom stereocenters. The topological polar surface area (TPSA) is 38.8 Å². The molecule has 0 spiro atoms. The Hall–Kier alpha value is -0.390. The van der Waals surface area contributed by atoms with Gasteiger partial charge in [0.05, 0.1) is 16.7 Å². The van der Waals surface area contributed by atoms with Gasteiger partial charge in [-0.25, -0.2) is 0 Å². The quantitative estimate of drug-likeness (QED) is 0.326. The van der Waals surface area contributed by atoms with Crippen LogP contribution in [-0.4, -0.2) is 23.3 Å². The number of hydrogen-bond acceptors (Lipinski definition) is 3. The highest BCUT2D eigenvalue weighted by Crippen LogP contribution is 2.36. The second-order valence-corrected chi connectivity index (χ2v) is 4.99. The first-order chi connectivity index (χ1) is 8.86. The highest BCUT2D eigenvalue weighted by atomic mass is 35.5. The number of rotatable bonds is 5. The highest BCUT2D eigenvalue weighted by molar-refractivity contribution is 6.62. The fourth-order valence-electron chi connectivity index (χ4n) is 1.30. The van der Waals surface area contributed by atoms with Crippen molar-refractivity contribution in [3.05, 3.63) is 27.2 Å². The number of hydroxylamine groups is 2. The Balaban J connectivity index is 2.92. The molecule has 0 saturated heterocycles. The van der Waals surface area contributed by atoms with E-state index in [-0.39, 0.29) is 22.4 Å². The zero-order chi connectivity index (χ0) is 14.6. The number of nitrogens with zero attached hydrogens (tertiary/aromatic N) is 1. The number of carbonyl (C=O) groups is 1. The maximum Gasteiger partial charge on any atom is 0.343 e. The molecule has 0 aromatic heterocycles. The van der Waals surface area contributed by atoms with Crippen LogP contribution < -0.4 is 4.74 Å². The average Bonchev–Trinajstić information content (AvgIpc) is 2.29. The lowest BCUT2D eigenvalue weighted by Crippen LogP contribution is -2.39. The van der Waals surface area contributed by atoms with Crippen LogP contribution in [0.5, 0.6) is 5.75 Å². The van der Waals surface area contributed by atoms with Gasteiger partial charge in [0.15, 0.2) is 12.0 Å². The Labute approximate surface area is 131 Å². The first kappa shape index (κ1) is 16.7. The van der Waals surface area contributed by atoms with E-state index in [0.29, 0.717) is 5.02 Å². The van der Waals surface area contributed by atoms with Crippen molar-refractivity contribution in [2.45, 2.75) is 20.1 Å². The molecule has 106 valence electrons. The van der Waals surface area contributed by atoms with Crippen molar-refractivity contribution < 1.29 is 14.4 Å². The first-order valence-corrected chi connectivity index (χ1v) is 6.80. The van der Waals surface area contributed by atoms with Crippen LogP contribution in [-0.2, 0) is 4.84 Å².